The molecule has 2 atom stereocenters. The van der Waals surface area contributed by atoms with E-state index in [9.17, 15) is 19.5 Å². The van der Waals surface area contributed by atoms with Gasteiger partial charge in [-0.05, 0) is 17.5 Å². The fourth-order valence-corrected chi connectivity index (χ4v) is 3.56. The number of carbonyl (C=O) groups is 3. The molecule has 2 aliphatic heterocycles. The number of carboxylic acid groups (broad SMARTS) is 1. The first-order chi connectivity index (χ1) is 10.1. The Kier molecular flexibility index (Phi) is 3.59. The summed E-state index contributed by atoms with van der Waals surface area (Å²) in [5.74, 6) is -1.02. The van der Waals surface area contributed by atoms with Gasteiger partial charge < -0.3 is 15.3 Å². The zero-order chi connectivity index (χ0) is 15.0. The summed E-state index contributed by atoms with van der Waals surface area (Å²) in [7, 11) is 0. The van der Waals surface area contributed by atoms with E-state index in [2.05, 4.69) is 5.32 Å². The Morgan fingerprint density at radius 3 is 2.76 bits per heavy atom. The lowest BCUT2D eigenvalue weighted by atomic mass is 9.92. The summed E-state index contributed by atoms with van der Waals surface area (Å²) in [6.45, 7) is 0.351. The smallest absolute Gasteiger partial charge is 0.331 e. The lowest BCUT2D eigenvalue weighted by molar-refractivity contribution is -0.151. The van der Waals surface area contributed by atoms with Crippen LogP contribution < -0.4 is 5.32 Å². The van der Waals surface area contributed by atoms with Crippen molar-refractivity contribution in [3.8, 4) is 0 Å². The summed E-state index contributed by atoms with van der Waals surface area (Å²) in [6, 6.07) is 5.66. The van der Waals surface area contributed by atoms with Crippen LogP contribution in [-0.2, 0) is 16.0 Å². The van der Waals surface area contributed by atoms with Crippen LogP contribution in [0.2, 0.25) is 0 Å². The molecule has 1 saturated heterocycles. The first-order valence-electron chi connectivity index (χ1n) is 6.62. The Labute approximate surface area is 125 Å². The number of carbonyl (C=O) groups excluding carboxylic acids is 2. The molecule has 6 nitrogen and oxygen atoms in total. The van der Waals surface area contributed by atoms with E-state index in [1.807, 2.05) is 12.1 Å². The molecule has 7 heteroatoms. The van der Waals surface area contributed by atoms with Crippen LogP contribution in [0.5, 0.6) is 0 Å². The molecule has 2 unspecified atom stereocenters. The maximum atomic E-state index is 12.5. The quantitative estimate of drug-likeness (QED) is 0.852. The second-order valence-corrected chi connectivity index (χ2v) is 6.01. The highest BCUT2D eigenvalue weighted by Gasteiger charge is 2.40. The van der Waals surface area contributed by atoms with E-state index in [0.717, 1.165) is 17.3 Å². The summed E-state index contributed by atoms with van der Waals surface area (Å²) in [4.78, 5) is 36.7. The Balaban J connectivity index is 1.90. The third kappa shape index (κ3) is 2.49. The number of hydrogen-bond acceptors (Lipinski definition) is 4. The number of benzene rings is 1. The molecule has 0 saturated carbocycles. The Morgan fingerprint density at radius 2 is 2.10 bits per heavy atom. The molecule has 0 aromatic heterocycles. The van der Waals surface area contributed by atoms with Gasteiger partial charge in [-0.3, -0.25) is 9.59 Å². The van der Waals surface area contributed by atoms with Crippen LogP contribution >= 0.6 is 11.8 Å². The average molecular weight is 306 g/mol. The molecule has 0 radical (unpaired) electrons. The molecule has 110 valence electrons. The van der Waals surface area contributed by atoms with Crippen molar-refractivity contribution in [3.63, 3.8) is 0 Å². The summed E-state index contributed by atoms with van der Waals surface area (Å²) in [6.07, 6.45) is 0.625. The van der Waals surface area contributed by atoms with Crippen molar-refractivity contribution in [2.45, 2.75) is 18.5 Å². The van der Waals surface area contributed by atoms with Crippen LogP contribution in [0, 0.1) is 0 Å². The molecule has 2 aliphatic rings. The van der Waals surface area contributed by atoms with Gasteiger partial charge in [0.25, 0.3) is 5.24 Å². The number of thioether (sulfide) groups is 1. The van der Waals surface area contributed by atoms with Crippen molar-refractivity contribution in [2.24, 2.45) is 0 Å². The van der Waals surface area contributed by atoms with Crippen LogP contribution in [-0.4, -0.2) is 45.5 Å². The number of nitrogens with one attached hydrogen (secondary N) is 1. The molecule has 0 spiro atoms. The molecular formula is C14H14N2O4S. The number of amides is 2. The molecule has 0 bridgehead atoms. The second kappa shape index (κ2) is 5.40. The molecule has 3 rings (SSSR count). The highest BCUT2D eigenvalue weighted by molar-refractivity contribution is 8.14. The van der Waals surface area contributed by atoms with Crippen molar-refractivity contribution >= 4 is 28.9 Å². The van der Waals surface area contributed by atoms with E-state index < -0.39 is 18.1 Å². The van der Waals surface area contributed by atoms with Gasteiger partial charge in [0.2, 0.25) is 5.91 Å². The van der Waals surface area contributed by atoms with Gasteiger partial charge in [0.05, 0.1) is 0 Å². The van der Waals surface area contributed by atoms with Crippen LogP contribution in [0.15, 0.2) is 24.3 Å². The van der Waals surface area contributed by atoms with Gasteiger partial charge in [-0.2, -0.15) is 0 Å². The number of fused-ring (bicyclic) bond motifs is 1. The normalized spacial score (nSPS) is 24.4. The third-order valence-corrected chi connectivity index (χ3v) is 4.65. The molecule has 1 fully saturated rings. The standard InChI is InChI=1S/C14H14N2O4S/c17-12(10-7-21-14(20)15-10)16-6-5-8-3-1-2-4-9(8)11(16)13(18)19/h1-4,10-11H,5-7H2,(H,15,20)(H,18,19). The van der Waals surface area contributed by atoms with Crippen molar-refractivity contribution in [1.29, 1.82) is 0 Å². The summed E-state index contributed by atoms with van der Waals surface area (Å²) >= 11 is 1.05. The van der Waals surface area contributed by atoms with E-state index in [0.29, 0.717) is 24.3 Å². The number of aliphatic carboxylic acids is 1. The van der Waals surface area contributed by atoms with Gasteiger partial charge in [0.1, 0.15) is 6.04 Å². The Bertz CT molecular complexity index is 619. The van der Waals surface area contributed by atoms with Crippen LogP contribution in [0.3, 0.4) is 0 Å². The maximum absolute atomic E-state index is 12.5. The van der Waals surface area contributed by atoms with E-state index in [1.54, 1.807) is 12.1 Å². The predicted molar refractivity (Wildman–Crippen MR) is 77.0 cm³/mol. The number of hydrogen-bond donors (Lipinski definition) is 2. The van der Waals surface area contributed by atoms with Gasteiger partial charge in [-0.15, -0.1) is 0 Å². The first kappa shape index (κ1) is 13.9. The molecule has 21 heavy (non-hydrogen) atoms. The monoisotopic (exact) mass is 306 g/mol. The summed E-state index contributed by atoms with van der Waals surface area (Å²) in [5.41, 5.74) is 1.61. The molecule has 2 amide bonds. The topological polar surface area (TPSA) is 86.7 Å². The fourth-order valence-electron chi connectivity index (χ4n) is 2.79. The highest BCUT2D eigenvalue weighted by atomic mass is 32.2. The van der Waals surface area contributed by atoms with Gasteiger partial charge in [0, 0.05) is 12.3 Å². The minimum atomic E-state index is -1.05. The summed E-state index contributed by atoms with van der Waals surface area (Å²) < 4.78 is 0. The second-order valence-electron chi connectivity index (χ2n) is 5.02. The highest BCUT2D eigenvalue weighted by Crippen LogP contribution is 2.31. The SMILES string of the molecule is O=C1NC(C(=O)N2CCc3ccccc3C2C(=O)O)CS1. The van der Waals surface area contributed by atoms with Crippen molar-refractivity contribution in [1.82, 2.24) is 10.2 Å². The number of carboxylic acids is 1. The maximum Gasteiger partial charge on any atom is 0.331 e. The first-order valence-corrected chi connectivity index (χ1v) is 7.61. The summed E-state index contributed by atoms with van der Waals surface area (Å²) in [5, 5.41) is 11.8. The minimum Gasteiger partial charge on any atom is -0.479 e. The lowest BCUT2D eigenvalue weighted by Crippen LogP contribution is -2.51. The molecular weight excluding hydrogens is 292 g/mol. The van der Waals surface area contributed by atoms with Crippen LogP contribution in [0.25, 0.3) is 0 Å². The Morgan fingerprint density at radius 1 is 1.33 bits per heavy atom. The minimum absolute atomic E-state index is 0.238. The van der Waals surface area contributed by atoms with Gasteiger partial charge in [-0.1, -0.05) is 36.0 Å². The molecule has 2 heterocycles. The van der Waals surface area contributed by atoms with E-state index in [1.165, 1.54) is 4.90 Å². The van der Waals surface area contributed by atoms with E-state index in [4.69, 9.17) is 0 Å². The number of rotatable bonds is 2. The van der Waals surface area contributed by atoms with E-state index in [-0.39, 0.29) is 11.1 Å². The molecule has 1 aromatic rings. The predicted octanol–water partition coefficient (Wildman–Crippen LogP) is 1.02. The van der Waals surface area contributed by atoms with Gasteiger partial charge in [-0.25, -0.2) is 4.79 Å². The molecule has 0 aliphatic carbocycles. The van der Waals surface area contributed by atoms with Gasteiger partial charge in [0.15, 0.2) is 6.04 Å². The van der Waals surface area contributed by atoms with Crippen molar-refractivity contribution < 1.29 is 19.5 Å². The zero-order valence-corrected chi connectivity index (χ0v) is 11.9. The Hall–Kier alpha value is -2.02. The lowest BCUT2D eigenvalue weighted by Gasteiger charge is -2.36. The molecule has 2 N–H and O–H groups in total. The molecule has 1 aromatic carbocycles. The van der Waals surface area contributed by atoms with Crippen molar-refractivity contribution in [2.75, 3.05) is 12.3 Å². The average Bonchev–Trinajstić information content (AvgIpc) is 2.91. The third-order valence-electron chi connectivity index (χ3n) is 3.77. The van der Waals surface area contributed by atoms with Crippen molar-refractivity contribution in [3.05, 3.63) is 35.4 Å². The fraction of sp³-hybridized carbons (Fsp3) is 0.357. The van der Waals surface area contributed by atoms with Gasteiger partial charge >= 0.3 is 5.97 Å². The zero-order valence-electron chi connectivity index (χ0n) is 11.1. The van der Waals surface area contributed by atoms with Crippen LogP contribution in [0.1, 0.15) is 17.2 Å². The van der Waals surface area contributed by atoms with Crippen LogP contribution in [0.4, 0.5) is 4.79 Å². The van der Waals surface area contributed by atoms with E-state index >= 15 is 0 Å². The number of nitrogens with zero attached hydrogens (tertiary/aromatic N) is 1. The largest absolute Gasteiger partial charge is 0.479 e.